The van der Waals surface area contributed by atoms with E-state index in [1.54, 1.807) is 4.90 Å². The molecule has 0 aromatic carbocycles. The van der Waals surface area contributed by atoms with Gasteiger partial charge in [0.05, 0.1) is 11.7 Å². The van der Waals surface area contributed by atoms with Crippen LogP contribution in [0.3, 0.4) is 0 Å². The number of hydrogen-bond acceptors (Lipinski definition) is 5. The van der Waals surface area contributed by atoms with Crippen LogP contribution < -0.4 is 0 Å². The molecule has 0 radical (unpaired) electrons. The SMILES string of the molecule is CCOC1CCN(CC2(O)CCN(C(=O)OC(C)(C)C)CC2)C1. The molecule has 0 aliphatic carbocycles. The van der Waals surface area contributed by atoms with E-state index in [-0.39, 0.29) is 6.09 Å². The van der Waals surface area contributed by atoms with Crippen LogP contribution in [-0.2, 0) is 9.47 Å². The standard InChI is InChI=1S/C17H32N2O4/c1-5-22-14-6-9-18(12-14)13-17(21)7-10-19(11-8-17)15(20)23-16(2,3)4/h14,21H,5-13H2,1-4H3. The zero-order valence-corrected chi connectivity index (χ0v) is 15.0. The first-order valence-corrected chi connectivity index (χ1v) is 8.75. The second-order valence-electron chi connectivity index (χ2n) is 7.79. The molecule has 2 aliphatic rings. The fourth-order valence-corrected chi connectivity index (χ4v) is 3.32. The molecule has 134 valence electrons. The van der Waals surface area contributed by atoms with Crippen molar-refractivity contribution in [2.45, 2.75) is 64.3 Å². The van der Waals surface area contributed by atoms with Crippen molar-refractivity contribution < 1.29 is 19.4 Å². The maximum absolute atomic E-state index is 12.1. The average Bonchev–Trinajstić information content (AvgIpc) is 2.84. The van der Waals surface area contributed by atoms with Gasteiger partial charge in [-0.3, -0.25) is 4.90 Å². The highest BCUT2D eigenvalue weighted by molar-refractivity contribution is 5.68. The van der Waals surface area contributed by atoms with Gasteiger partial charge in [0.1, 0.15) is 5.60 Å². The summed E-state index contributed by atoms with van der Waals surface area (Å²) >= 11 is 0. The molecule has 6 heteroatoms. The Labute approximate surface area is 139 Å². The van der Waals surface area contributed by atoms with Crippen LogP contribution in [0.15, 0.2) is 0 Å². The van der Waals surface area contributed by atoms with Crippen LogP contribution in [0.1, 0.15) is 47.0 Å². The number of ether oxygens (including phenoxy) is 2. The molecule has 2 heterocycles. The molecule has 0 bridgehead atoms. The van der Waals surface area contributed by atoms with Gasteiger partial charge in [-0.2, -0.15) is 0 Å². The molecular formula is C17H32N2O4. The second kappa shape index (κ2) is 7.36. The normalized spacial score (nSPS) is 25.6. The monoisotopic (exact) mass is 328 g/mol. The van der Waals surface area contributed by atoms with Crippen LogP contribution in [0.2, 0.25) is 0 Å². The average molecular weight is 328 g/mol. The number of aliphatic hydroxyl groups is 1. The molecule has 2 saturated heterocycles. The van der Waals surface area contributed by atoms with Gasteiger partial charge in [0, 0.05) is 39.3 Å². The van der Waals surface area contributed by atoms with E-state index in [1.165, 1.54) is 0 Å². The Bertz CT molecular complexity index is 400. The van der Waals surface area contributed by atoms with E-state index < -0.39 is 11.2 Å². The molecule has 23 heavy (non-hydrogen) atoms. The van der Waals surface area contributed by atoms with E-state index in [9.17, 15) is 9.90 Å². The van der Waals surface area contributed by atoms with Crippen LogP contribution in [0.5, 0.6) is 0 Å². The first kappa shape index (κ1) is 18.5. The summed E-state index contributed by atoms with van der Waals surface area (Å²) in [4.78, 5) is 16.1. The molecule has 2 aliphatic heterocycles. The van der Waals surface area contributed by atoms with Crippen LogP contribution >= 0.6 is 0 Å². The number of carbonyl (C=O) groups excluding carboxylic acids is 1. The van der Waals surface area contributed by atoms with Crippen molar-refractivity contribution in [2.24, 2.45) is 0 Å². The first-order valence-electron chi connectivity index (χ1n) is 8.75. The molecule has 1 N–H and O–H groups in total. The van der Waals surface area contributed by atoms with Crippen LogP contribution in [-0.4, -0.2) is 77.6 Å². The predicted octanol–water partition coefficient (Wildman–Crippen LogP) is 1.86. The van der Waals surface area contributed by atoms with Crippen molar-refractivity contribution in [3.63, 3.8) is 0 Å². The molecule has 2 rings (SSSR count). The third-order valence-electron chi connectivity index (χ3n) is 4.50. The smallest absolute Gasteiger partial charge is 0.410 e. The Morgan fingerprint density at radius 2 is 1.91 bits per heavy atom. The number of β-amino-alcohol motifs (C(OH)–C–C–N with tert-alkyl or cyclic N) is 1. The van der Waals surface area contributed by atoms with E-state index in [0.717, 1.165) is 26.1 Å². The minimum Gasteiger partial charge on any atom is -0.444 e. The summed E-state index contributed by atoms with van der Waals surface area (Å²) in [5.74, 6) is 0. The lowest BCUT2D eigenvalue weighted by molar-refractivity contribution is -0.0490. The Hall–Kier alpha value is -0.850. The van der Waals surface area contributed by atoms with Gasteiger partial charge in [0.25, 0.3) is 0 Å². The van der Waals surface area contributed by atoms with Gasteiger partial charge < -0.3 is 19.5 Å². The maximum Gasteiger partial charge on any atom is 0.410 e. The third-order valence-corrected chi connectivity index (χ3v) is 4.50. The molecule has 0 aromatic heterocycles. The van der Waals surface area contributed by atoms with Gasteiger partial charge in [-0.15, -0.1) is 0 Å². The lowest BCUT2D eigenvalue weighted by Crippen LogP contribution is -2.52. The summed E-state index contributed by atoms with van der Waals surface area (Å²) < 4.78 is 11.1. The summed E-state index contributed by atoms with van der Waals surface area (Å²) in [6.07, 6.45) is 2.25. The molecular weight excluding hydrogens is 296 g/mol. The van der Waals surface area contributed by atoms with Crippen molar-refractivity contribution in [1.29, 1.82) is 0 Å². The molecule has 2 fully saturated rings. The van der Waals surface area contributed by atoms with Gasteiger partial charge in [-0.25, -0.2) is 4.79 Å². The largest absolute Gasteiger partial charge is 0.444 e. The van der Waals surface area contributed by atoms with Crippen LogP contribution in [0, 0.1) is 0 Å². The van der Waals surface area contributed by atoms with Gasteiger partial charge in [-0.1, -0.05) is 0 Å². The predicted molar refractivity (Wildman–Crippen MR) is 88.5 cm³/mol. The van der Waals surface area contributed by atoms with Gasteiger partial charge >= 0.3 is 6.09 Å². The van der Waals surface area contributed by atoms with Crippen molar-refractivity contribution in [2.75, 3.05) is 39.3 Å². The molecule has 1 unspecified atom stereocenters. The number of amides is 1. The number of hydrogen-bond donors (Lipinski definition) is 1. The minimum atomic E-state index is -0.709. The number of likely N-dealkylation sites (tertiary alicyclic amines) is 2. The maximum atomic E-state index is 12.1. The van der Waals surface area contributed by atoms with Gasteiger partial charge in [0.15, 0.2) is 0 Å². The Balaban J connectivity index is 1.77. The van der Waals surface area contributed by atoms with E-state index in [1.807, 2.05) is 27.7 Å². The molecule has 0 aromatic rings. The zero-order chi connectivity index (χ0) is 17.1. The molecule has 0 saturated carbocycles. The fourth-order valence-electron chi connectivity index (χ4n) is 3.32. The first-order chi connectivity index (χ1) is 10.7. The topological polar surface area (TPSA) is 62.2 Å². The molecule has 0 spiro atoms. The Morgan fingerprint density at radius 1 is 1.26 bits per heavy atom. The number of carbonyl (C=O) groups is 1. The van der Waals surface area contributed by atoms with Crippen molar-refractivity contribution in [1.82, 2.24) is 9.80 Å². The van der Waals surface area contributed by atoms with E-state index in [2.05, 4.69) is 4.90 Å². The lowest BCUT2D eigenvalue weighted by atomic mass is 9.91. The van der Waals surface area contributed by atoms with Crippen molar-refractivity contribution in [3.05, 3.63) is 0 Å². The minimum absolute atomic E-state index is 0.280. The third kappa shape index (κ3) is 5.62. The summed E-state index contributed by atoms with van der Waals surface area (Å²) in [7, 11) is 0. The van der Waals surface area contributed by atoms with E-state index >= 15 is 0 Å². The molecule has 1 amide bonds. The molecule has 1 atom stereocenters. The Kier molecular flexibility index (Phi) is 5.92. The Morgan fingerprint density at radius 3 is 2.48 bits per heavy atom. The zero-order valence-electron chi connectivity index (χ0n) is 15.0. The number of piperidine rings is 1. The summed E-state index contributed by atoms with van der Waals surface area (Å²) in [5, 5.41) is 10.8. The van der Waals surface area contributed by atoms with Gasteiger partial charge in [0.2, 0.25) is 0 Å². The summed E-state index contributed by atoms with van der Waals surface area (Å²) in [5.41, 5.74) is -1.19. The number of nitrogens with zero attached hydrogens (tertiary/aromatic N) is 2. The second-order valence-corrected chi connectivity index (χ2v) is 7.79. The summed E-state index contributed by atoms with van der Waals surface area (Å²) in [6, 6.07) is 0. The highest BCUT2D eigenvalue weighted by Gasteiger charge is 2.38. The highest BCUT2D eigenvalue weighted by Crippen LogP contribution is 2.26. The van der Waals surface area contributed by atoms with Gasteiger partial charge in [-0.05, 0) is 47.0 Å². The number of rotatable bonds is 4. The molecule has 6 nitrogen and oxygen atoms in total. The van der Waals surface area contributed by atoms with E-state index in [4.69, 9.17) is 9.47 Å². The van der Waals surface area contributed by atoms with Crippen LogP contribution in [0.25, 0.3) is 0 Å². The lowest BCUT2D eigenvalue weighted by Gasteiger charge is -2.40. The van der Waals surface area contributed by atoms with Crippen molar-refractivity contribution in [3.8, 4) is 0 Å². The van der Waals surface area contributed by atoms with E-state index in [0.29, 0.717) is 38.6 Å². The summed E-state index contributed by atoms with van der Waals surface area (Å²) in [6.45, 7) is 12.0. The van der Waals surface area contributed by atoms with Crippen LogP contribution in [0.4, 0.5) is 4.79 Å². The van der Waals surface area contributed by atoms with Crippen molar-refractivity contribution >= 4 is 6.09 Å². The quantitative estimate of drug-likeness (QED) is 0.853. The highest BCUT2D eigenvalue weighted by atomic mass is 16.6. The fraction of sp³-hybridized carbons (Fsp3) is 0.941.